The first-order valence-electron chi connectivity index (χ1n) is 6.22. The summed E-state index contributed by atoms with van der Waals surface area (Å²) in [4.78, 5) is 22.5. The summed E-state index contributed by atoms with van der Waals surface area (Å²) in [6, 6.07) is -0.589. The van der Waals surface area contributed by atoms with E-state index in [9.17, 15) is 9.59 Å². The van der Waals surface area contributed by atoms with E-state index in [1.807, 2.05) is 0 Å². The molecule has 6 nitrogen and oxygen atoms in total. The van der Waals surface area contributed by atoms with E-state index < -0.39 is 23.7 Å². The Hall–Kier alpha value is -1.30. The number of hydrogen-bond acceptors (Lipinski definition) is 4. The van der Waals surface area contributed by atoms with Crippen molar-refractivity contribution in [2.24, 2.45) is 5.92 Å². The SMILES string of the molecule is CC(C)(C)OC(=O)NC[C@H]1CCCN[C@H]1C(=O)O. The normalized spacial score (nSPS) is 24.4. The van der Waals surface area contributed by atoms with E-state index in [0.29, 0.717) is 13.1 Å². The van der Waals surface area contributed by atoms with Crippen LogP contribution in [0.3, 0.4) is 0 Å². The van der Waals surface area contributed by atoms with Gasteiger partial charge in [-0.25, -0.2) is 4.79 Å². The van der Waals surface area contributed by atoms with Crippen LogP contribution in [0.25, 0.3) is 0 Å². The lowest BCUT2D eigenvalue weighted by Gasteiger charge is -2.30. The van der Waals surface area contributed by atoms with Crippen molar-refractivity contribution < 1.29 is 19.4 Å². The van der Waals surface area contributed by atoms with E-state index in [1.165, 1.54) is 0 Å². The van der Waals surface area contributed by atoms with E-state index in [4.69, 9.17) is 9.84 Å². The van der Waals surface area contributed by atoms with Gasteiger partial charge in [-0.15, -0.1) is 0 Å². The Labute approximate surface area is 107 Å². The first-order valence-corrected chi connectivity index (χ1v) is 6.22. The van der Waals surface area contributed by atoms with Gasteiger partial charge in [-0.1, -0.05) is 0 Å². The second-order valence-electron chi connectivity index (χ2n) is 5.56. The summed E-state index contributed by atoms with van der Waals surface area (Å²) in [5.74, 6) is -0.963. The number of piperidine rings is 1. The van der Waals surface area contributed by atoms with Crippen molar-refractivity contribution in [1.82, 2.24) is 10.6 Å². The van der Waals surface area contributed by atoms with Crippen molar-refractivity contribution in [2.75, 3.05) is 13.1 Å². The third-order valence-electron chi connectivity index (χ3n) is 2.76. The van der Waals surface area contributed by atoms with Crippen molar-refractivity contribution in [3.8, 4) is 0 Å². The number of ether oxygens (including phenoxy) is 1. The summed E-state index contributed by atoms with van der Waals surface area (Å²) in [6.45, 7) is 6.39. The average Bonchev–Trinajstić information content (AvgIpc) is 2.24. The highest BCUT2D eigenvalue weighted by atomic mass is 16.6. The molecule has 0 aromatic carbocycles. The zero-order valence-electron chi connectivity index (χ0n) is 11.2. The van der Waals surface area contributed by atoms with Crippen LogP contribution in [0.4, 0.5) is 4.79 Å². The zero-order chi connectivity index (χ0) is 13.8. The van der Waals surface area contributed by atoms with Gasteiger partial charge in [0.1, 0.15) is 11.6 Å². The first-order chi connectivity index (χ1) is 8.29. The summed E-state index contributed by atoms with van der Waals surface area (Å²) in [5.41, 5.74) is -0.541. The van der Waals surface area contributed by atoms with Crippen LogP contribution in [0.2, 0.25) is 0 Å². The molecule has 1 aliphatic rings. The molecule has 0 radical (unpaired) electrons. The molecule has 0 bridgehead atoms. The van der Waals surface area contributed by atoms with Gasteiger partial charge in [-0.3, -0.25) is 4.79 Å². The lowest BCUT2D eigenvalue weighted by atomic mass is 9.91. The number of hydrogen-bond donors (Lipinski definition) is 3. The van der Waals surface area contributed by atoms with Gasteiger partial charge >= 0.3 is 12.1 Å². The summed E-state index contributed by atoms with van der Waals surface area (Å²) in [6.07, 6.45) is 1.21. The highest BCUT2D eigenvalue weighted by Crippen LogP contribution is 2.16. The molecule has 0 aromatic rings. The minimum absolute atomic E-state index is 0.0937. The van der Waals surface area contributed by atoms with E-state index in [-0.39, 0.29) is 5.92 Å². The van der Waals surface area contributed by atoms with Gasteiger partial charge in [-0.2, -0.15) is 0 Å². The predicted octanol–water partition coefficient (Wildman–Crippen LogP) is 0.964. The van der Waals surface area contributed by atoms with Gasteiger partial charge in [0.25, 0.3) is 0 Å². The van der Waals surface area contributed by atoms with E-state index in [2.05, 4.69) is 10.6 Å². The van der Waals surface area contributed by atoms with Gasteiger partial charge in [-0.05, 0) is 40.2 Å². The molecule has 104 valence electrons. The highest BCUT2D eigenvalue weighted by molar-refractivity contribution is 5.74. The third kappa shape index (κ3) is 4.91. The van der Waals surface area contributed by atoms with Gasteiger partial charge in [0.05, 0.1) is 0 Å². The zero-order valence-corrected chi connectivity index (χ0v) is 11.2. The Morgan fingerprint density at radius 3 is 2.67 bits per heavy atom. The van der Waals surface area contributed by atoms with Crippen LogP contribution in [0.15, 0.2) is 0 Å². The van der Waals surface area contributed by atoms with Crippen molar-refractivity contribution in [3.63, 3.8) is 0 Å². The fourth-order valence-corrected chi connectivity index (χ4v) is 1.99. The van der Waals surface area contributed by atoms with Gasteiger partial charge in [0.2, 0.25) is 0 Å². The Morgan fingerprint density at radius 2 is 2.11 bits per heavy atom. The van der Waals surface area contributed by atoms with Crippen LogP contribution >= 0.6 is 0 Å². The van der Waals surface area contributed by atoms with Crippen molar-refractivity contribution >= 4 is 12.1 Å². The number of carbonyl (C=O) groups is 2. The molecule has 3 N–H and O–H groups in total. The minimum atomic E-state index is -0.870. The van der Waals surface area contributed by atoms with E-state index in [0.717, 1.165) is 12.8 Å². The Bertz CT molecular complexity index is 312. The average molecular weight is 258 g/mol. The molecule has 1 rings (SSSR count). The molecule has 18 heavy (non-hydrogen) atoms. The lowest BCUT2D eigenvalue weighted by molar-refractivity contribution is -0.141. The van der Waals surface area contributed by atoms with Crippen LogP contribution in [0.1, 0.15) is 33.6 Å². The topological polar surface area (TPSA) is 87.7 Å². The molecule has 0 unspecified atom stereocenters. The standard InChI is InChI=1S/C12H22N2O4/c1-12(2,3)18-11(17)14-7-8-5-4-6-13-9(8)10(15)16/h8-9,13H,4-7H2,1-3H3,(H,14,17)(H,15,16)/t8-,9-/m1/s1. The molecule has 0 saturated carbocycles. The number of carboxylic acids is 1. The van der Waals surface area contributed by atoms with Crippen LogP contribution < -0.4 is 10.6 Å². The summed E-state index contributed by atoms with van der Waals surface area (Å²) in [5, 5.41) is 14.6. The molecule has 1 amide bonds. The second-order valence-corrected chi connectivity index (χ2v) is 5.56. The van der Waals surface area contributed by atoms with Crippen LogP contribution in [0, 0.1) is 5.92 Å². The smallest absolute Gasteiger partial charge is 0.407 e. The molecule has 1 heterocycles. The maximum atomic E-state index is 11.5. The second kappa shape index (κ2) is 6.04. The molecule has 6 heteroatoms. The highest BCUT2D eigenvalue weighted by Gasteiger charge is 2.30. The molecule has 1 saturated heterocycles. The summed E-state index contributed by atoms with van der Waals surface area (Å²) < 4.78 is 5.11. The molecule has 0 aromatic heterocycles. The quantitative estimate of drug-likeness (QED) is 0.702. The fraction of sp³-hybridized carbons (Fsp3) is 0.833. The number of nitrogens with one attached hydrogen (secondary N) is 2. The summed E-state index contributed by atoms with van der Waals surface area (Å²) >= 11 is 0. The minimum Gasteiger partial charge on any atom is -0.480 e. The van der Waals surface area contributed by atoms with Gasteiger partial charge in [0.15, 0.2) is 0 Å². The molecule has 1 aliphatic heterocycles. The summed E-state index contributed by atoms with van der Waals surface area (Å²) in [7, 11) is 0. The molecule has 0 spiro atoms. The Balaban J connectivity index is 2.41. The lowest BCUT2D eigenvalue weighted by Crippen LogP contribution is -2.50. The fourth-order valence-electron chi connectivity index (χ4n) is 1.99. The maximum absolute atomic E-state index is 11.5. The Kier molecular flexibility index (Phi) is 4.95. The van der Waals surface area contributed by atoms with Gasteiger partial charge < -0.3 is 20.5 Å². The van der Waals surface area contributed by atoms with E-state index in [1.54, 1.807) is 20.8 Å². The molecule has 2 atom stereocenters. The molecular weight excluding hydrogens is 236 g/mol. The molecule has 0 aliphatic carbocycles. The predicted molar refractivity (Wildman–Crippen MR) is 66.4 cm³/mol. The molecule has 1 fully saturated rings. The van der Waals surface area contributed by atoms with Crippen LogP contribution in [-0.2, 0) is 9.53 Å². The third-order valence-corrected chi connectivity index (χ3v) is 2.76. The monoisotopic (exact) mass is 258 g/mol. The van der Waals surface area contributed by atoms with E-state index >= 15 is 0 Å². The van der Waals surface area contributed by atoms with Crippen LogP contribution in [-0.4, -0.2) is 41.9 Å². The number of carboxylic acid groups (broad SMARTS) is 1. The van der Waals surface area contributed by atoms with Crippen LogP contribution in [0.5, 0.6) is 0 Å². The number of alkyl carbamates (subject to hydrolysis) is 1. The van der Waals surface area contributed by atoms with Crippen molar-refractivity contribution in [1.29, 1.82) is 0 Å². The Morgan fingerprint density at radius 1 is 1.44 bits per heavy atom. The number of amides is 1. The van der Waals surface area contributed by atoms with Crippen molar-refractivity contribution in [2.45, 2.75) is 45.3 Å². The number of rotatable bonds is 3. The largest absolute Gasteiger partial charge is 0.480 e. The van der Waals surface area contributed by atoms with Gasteiger partial charge in [0, 0.05) is 12.5 Å². The number of aliphatic carboxylic acids is 1. The maximum Gasteiger partial charge on any atom is 0.407 e. The van der Waals surface area contributed by atoms with Crippen molar-refractivity contribution in [3.05, 3.63) is 0 Å². The first kappa shape index (κ1) is 14.8. The molecular formula is C12H22N2O4. The number of carbonyl (C=O) groups excluding carboxylic acids is 1.